The molecule has 2 aliphatic carbocycles. The predicted molar refractivity (Wildman–Crippen MR) is 397 cm³/mol. The highest BCUT2D eigenvalue weighted by Gasteiger charge is 2.52. The van der Waals surface area contributed by atoms with Crippen molar-refractivity contribution in [2.75, 3.05) is 88.6 Å². The first-order valence-corrected chi connectivity index (χ1v) is 38.7. The van der Waals surface area contributed by atoms with E-state index in [9.17, 15) is 41.9 Å². The van der Waals surface area contributed by atoms with Crippen LogP contribution in [0.3, 0.4) is 0 Å². The maximum atomic E-state index is 15.8. The van der Waals surface area contributed by atoms with E-state index < -0.39 is 174 Å². The summed E-state index contributed by atoms with van der Waals surface area (Å²) in [6.07, 6.45) is 0.898. The minimum absolute atomic E-state index is 0.0224. The first kappa shape index (κ1) is 87.0. The van der Waals surface area contributed by atoms with Crippen LogP contribution < -0.4 is 16.0 Å². The van der Waals surface area contributed by atoms with Crippen molar-refractivity contribution in [3.8, 4) is 0 Å². The summed E-state index contributed by atoms with van der Waals surface area (Å²) in [5.41, 5.74) is -1.44. The van der Waals surface area contributed by atoms with Crippen molar-refractivity contribution < 1.29 is 79.8 Å². The number of hydrogen-bond donors (Lipinski definition) is 3. The van der Waals surface area contributed by atoms with Gasteiger partial charge >= 0.3 is 6.18 Å². The van der Waals surface area contributed by atoms with E-state index in [1.165, 1.54) is 73.8 Å². The van der Waals surface area contributed by atoms with E-state index in [0.29, 0.717) is 57.3 Å². The Bertz CT molecular complexity index is 3510. The number of likely N-dealkylation sites (N-methyl/N-ethyl adjacent to an activating group) is 7. The Morgan fingerprint density at radius 2 is 1.20 bits per heavy atom. The van der Waals surface area contributed by atoms with Crippen molar-refractivity contribution in [3.05, 3.63) is 70.5 Å². The van der Waals surface area contributed by atoms with Gasteiger partial charge in [0, 0.05) is 75.4 Å². The second-order valence-corrected chi connectivity index (χ2v) is 31.9. The lowest BCUT2D eigenvalue weighted by molar-refractivity contribution is -0.155. The molecule has 2 aromatic rings. The Kier molecular flexibility index (Phi) is 31.3. The molecule has 0 unspecified atom stereocenters. The van der Waals surface area contributed by atoms with Gasteiger partial charge in [0.2, 0.25) is 70.9 Å². The highest BCUT2D eigenvalue weighted by Crippen LogP contribution is 2.37. The first-order chi connectivity index (χ1) is 50.9. The van der Waals surface area contributed by atoms with Gasteiger partial charge in [-0.2, -0.15) is 13.2 Å². The number of halogens is 4. The van der Waals surface area contributed by atoms with E-state index in [4.69, 9.17) is 4.74 Å². The number of carbonyl (C=O) groups is 12. The molecule has 12 amide bonds. The number of carbonyl (C=O) groups excluding carboxylic acids is 12. The number of nitrogens with zero attached hydrogens (tertiary/aromatic N) is 9. The number of piperidine rings is 1. The molecule has 0 bridgehead atoms. The van der Waals surface area contributed by atoms with Crippen LogP contribution in [-0.4, -0.2) is 258 Å². The number of benzene rings is 2. The number of ether oxygens (including phenoxy) is 1. The van der Waals surface area contributed by atoms with Crippen molar-refractivity contribution in [2.24, 2.45) is 23.7 Å². The van der Waals surface area contributed by atoms with Crippen LogP contribution in [0.5, 0.6) is 0 Å². The summed E-state index contributed by atoms with van der Waals surface area (Å²) in [7, 11) is 9.77. The molecule has 3 saturated heterocycles. The average Bonchev–Trinajstić information content (AvgIpc) is 1.56. The normalized spacial score (nSPS) is 25.5. The molecule has 7 rings (SSSR count). The Hall–Kier alpha value is -8.24. The minimum atomic E-state index is -5.03. The van der Waals surface area contributed by atoms with E-state index >= 15 is 33.2 Å². The zero-order valence-electron chi connectivity index (χ0n) is 65.9. The van der Waals surface area contributed by atoms with Crippen molar-refractivity contribution in [2.45, 2.75) is 244 Å². The van der Waals surface area contributed by atoms with Crippen LogP contribution in [0.15, 0.2) is 42.5 Å². The fourth-order valence-electron chi connectivity index (χ4n) is 15.6. The molecule has 108 heavy (non-hydrogen) atoms. The number of alkyl halides is 3. The fourth-order valence-corrected chi connectivity index (χ4v) is 15.6. The molecule has 25 nitrogen and oxygen atoms in total. The Labute approximate surface area is 634 Å². The molecule has 5 fully saturated rings. The zero-order chi connectivity index (χ0) is 79.8. The number of likely N-dealkylation sites (tertiary alicyclic amines) is 1. The summed E-state index contributed by atoms with van der Waals surface area (Å²) in [6.45, 7) is 11.6. The van der Waals surface area contributed by atoms with Crippen LogP contribution in [0.25, 0.3) is 0 Å². The number of fused-ring (bicyclic) bond motifs is 1. The third kappa shape index (κ3) is 22.7. The first-order valence-electron chi connectivity index (χ1n) is 38.7. The second-order valence-electron chi connectivity index (χ2n) is 31.9. The lowest BCUT2D eigenvalue weighted by atomic mass is 9.84. The molecule has 2 aromatic carbocycles. The van der Waals surface area contributed by atoms with E-state index in [0.717, 1.165) is 70.4 Å². The predicted octanol–water partition coefficient (Wildman–Crippen LogP) is 6.88. The van der Waals surface area contributed by atoms with E-state index in [1.54, 1.807) is 11.8 Å². The number of nitrogens with one attached hydrogen (secondary N) is 3. The smallest absolute Gasteiger partial charge is 0.372 e. The van der Waals surface area contributed by atoms with Gasteiger partial charge in [0.15, 0.2) is 0 Å². The van der Waals surface area contributed by atoms with Crippen LogP contribution in [0.4, 0.5) is 17.6 Å². The summed E-state index contributed by atoms with van der Waals surface area (Å²) < 4.78 is 63.4. The van der Waals surface area contributed by atoms with Crippen LogP contribution in [-0.2, 0) is 81.5 Å². The topological polar surface area (TPSA) is 279 Å². The Morgan fingerprint density at radius 1 is 0.620 bits per heavy atom. The van der Waals surface area contributed by atoms with Crippen molar-refractivity contribution >= 4 is 70.9 Å². The van der Waals surface area contributed by atoms with Gasteiger partial charge in [-0.05, 0) is 118 Å². The lowest BCUT2D eigenvalue weighted by Gasteiger charge is -2.41. The van der Waals surface area contributed by atoms with Crippen LogP contribution >= 0.6 is 0 Å². The maximum Gasteiger partial charge on any atom is 0.419 e. The number of amides is 12. The molecular weight excluding hydrogens is 1400 g/mol. The van der Waals surface area contributed by atoms with Crippen LogP contribution in [0.2, 0.25) is 0 Å². The monoisotopic (exact) mass is 1520 g/mol. The number of hydrogen-bond acceptors (Lipinski definition) is 13. The van der Waals surface area contributed by atoms with Crippen LogP contribution in [0, 0.1) is 36.4 Å². The summed E-state index contributed by atoms with van der Waals surface area (Å²) >= 11 is 0. The molecular formula is C79H118F4N12O13. The van der Waals surface area contributed by atoms with Crippen molar-refractivity contribution in [3.63, 3.8) is 0 Å². The molecule has 3 aliphatic heterocycles. The van der Waals surface area contributed by atoms with Crippen molar-refractivity contribution in [1.29, 1.82) is 0 Å². The van der Waals surface area contributed by atoms with Gasteiger partial charge in [-0.1, -0.05) is 129 Å². The average molecular weight is 1520 g/mol. The quantitative estimate of drug-likeness (QED) is 0.154. The third-order valence-corrected chi connectivity index (χ3v) is 22.6. The zero-order valence-corrected chi connectivity index (χ0v) is 65.9. The van der Waals surface area contributed by atoms with Crippen LogP contribution in [0.1, 0.15) is 186 Å². The molecule has 0 aromatic heterocycles. The van der Waals surface area contributed by atoms with Gasteiger partial charge in [0.1, 0.15) is 53.6 Å². The largest absolute Gasteiger partial charge is 0.419 e. The van der Waals surface area contributed by atoms with Crippen molar-refractivity contribution in [1.82, 2.24) is 60.0 Å². The lowest BCUT2D eigenvalue weighted by Crippen LogP contribution is -2.64. The van der Waals surface area contributed by atoms with Gasteiger partial charge < -0.3 is 64.8 Å². The van der Waals surface area contributed by atoms with Gasteiger partial charge in [-0.3, -0.25) is 57.5 Å². The fraction of sp³-hybridized carbons (Fsp3) is 0.696. The number of aryl methyl sites for hydroxylation is 2. The molecule has 1 spiro atoms. The van der Waals surface area contributed by atoms with Gasteiger partial charge in [-0.25, -0.2) is 4.39 Å². The molecule has 5 aliphatic rings. The Morgan fingerprint density at radius 3 is 1.81 bits per heavy atom. The molecule has 9 atom stereocenters. The standard InChI is InChI=1S/C79H118F4N12O13/c1-15-52(7)69-76(106)89(10)46-67(98)87(8)47-68(99)91(12)63(41-53-24-18-16-19-25-53)73(103)88(9)45-65(96)84-59(33-31-54-30-32-57(58(80)40-54)79(81,82)83)72(102)95-44-56(108-48-55-28-26-51(6)27-29-55)42-61(95)71(101)86-78(34-20-21-35-78)77(107)93(14)62(39-50(4)5)74(104)92(13)64(75(105)94-36-22-17-23-37-94)43-66(97)90(11)60(38-49(2)3)70(100)85-69/h26-30,32,40,49-50,52-53,56,59-64,69H,15-25,31,33-39,41-48H2,1-14H3,(H,84,96)(H,85,100)(H,86,101)/t52-,56+,59-,60-,61-,62-,63-,64-,69-/m0/s1. The molecule has 0 radical (unpaired) electrons. The highest BCUT2D eigenvalue weighted by atomic mass is 19.4. The summed E-state index contributed by atoms with van der Waals surface area (Å²) in [6, 6.07) is 0.419. The molecule has 3 N–H and O–H groups in total. The molecule has 3 heterocycles. The van der Waals surface area contributed by atoms with E-state index in [1.807, 2.05) is 65.8 Å². The minimum Gasteiger partial charge on any atom is -0.372 e. The Balaban J connectivity index is 1.33. The third-order valence-electron chi connectivity index (χ3n) is 22.6. The van der Waals surface area contributed by atoms with Gasteiger partial charge in [0.05, 0.1) is 44.3 Å². The summed E-state index contributed by atoms with van der Waals surface area (Å²) in [5, 5.41) is 8.69. The summed E-state index contributed by atoms with van der Waals surface area (Å²) in [5.74, 6) is -11.0. The maximum absolute atomic E-state index is 15.8. The molecule has 600 valence electrons. The highest BCUT2D eigenvalue weighted by molar-refractivity contribution is 6.01. The molecule has 29 heteroatoms. The van der Waals surface area contributed by atoms with E-state index in [2.05, 4.69) is 16.0 Å². The van der Waals surface area contributed by atoms with Gasteiger partial charge in [0.25, 0.3) is 0 Å². The number of rotatable bonds is 15. The SMILES string of the molecule is CC[C@H](C)[C@@H]1NC(=O)[C@H](CC(C)C)N(C)C(=O)C[C@@H](C(=O)N2CCCCC2)N(C)C(=O)[C@H](CC(C)C)N(C)C(=O)C2(CCCC2)NC(=O)[C@@H]2C[C@@H](OCc3ccc(C)cc3)CN2C(=O)[C@H](CCc2ccc(C(F)(F)F)c(F)c2)NC(=O)CN(C)C(=O)[C@H](CC2CCCCC2)N(C)C(=O)CN(C)C(=O)CN(C)C1=O. The van der Waals surface area contributed by atoms with E-state index in [-0.39, 0.29) is 87.8 Å². The second kappa shape index (κ2) is 38.9. The summed E-state index contributed by atoms with van der Waals surface area (Å²) in [4.78, 5) is 192. The van der Waals surface area contributed by atoms with Gasteiger partial charge in [-0.15, -0.1) is 0 Å². The molecule has 2 saturated carbocycles.